The standard InChI is InChI=1S/C34H44IN3O4S/c1-33(2)26-15-8-10-17-28(26)37(22-12-13-24-43(40,41)42)30(33)19-6-5-7-20-31-34(3,4)27-16-9-11-18-29(27)38(31)23-14-21-36-32(39)25-35/h5-11,15-20,30H,12-14,21-25H2,1-4H3,(H,36,39)(H,40,41,42)/p-1/b7-5+,19-6+,31-20-. The Bertz CT molecular complexity index is 1510. The first-order valence-electron chi connectivity index (χ1n) is 14.9. The van der Waals surface area contributed by atoms with Crippen LogP contribution in [0.3, 0.4) is 0 Å². The molecule has 1 unspecified atom stereocenters. The first-order chi connectivity index (χ1) is 20.4. The van der Waals surface area contributed by atoms with Gasteiger partial charge in [-0.25, -0.2) is 0 Å². The highest BCUT2D eigenvalue weighted by molar-refractivity contribution is 14.1. The molecule has 0 amide bonds. The zero-order valence-electron chi connectivity index (χ0n) is 25.5. The maximum absolute atomic E-state index is 11.6. The lowest BCUT2D eigenvalue weighted by Gasteiger charge is -2.32. The van der Waals surface area contributed by atoms with Crippen LogP contribution in [0.25, 0.3) is 0 Å². The summed E-state index contributed by atoms with van der Waals surface area (Å²) in [5, 5.41) is 11.6. The molecule has 2 aromatic carbocycles. The monoisotopic (exact) mass is 716 g/mol. The van der Waals surface area contributed by atoms with Crippen LogP contribution in [0.15, 0.2) is 89.6 Å². The van der Waals surface area contributed by atoms with Crippen molar-refractivity contribution in [3.63, 3.8) is 0 Å². The summed E-state index contributed by atoms with van der Waals surface area (Å²) in [6.07, 6.45) is 12.6. The fourth-order valence-electron chi connectivity index (χ4n) is 6.38. The number of para-hydroxylation sites is 2. The molecule has 2 aliphatic heterocycles. The normalized spacial score (nSPS) is 20.5. The Kier molecular flexibility index (Phi) is 10.8. The lowest BCUT2D eigenvalue weighted by molar-refractivity contribution is -0.215. The summed E-state index contributed by atoms with van der Waals surface area (Å²) in [6, 6.07) is 17.0. The molecule has 0 spiro atoms. The van der Waals surface area contributed by atoms with Gasteiger partial charge >= 0.3 is 0 Å². The molecule has 232 valence electrons. The number of benzene rings is 2. The van der Waals surface area contributed by atoms with Gasteiger partial charge in [0.1, 0.15) is 0 Å². The zero-order chi connectivity index (χ0) is 31.3. The summed E-state index contributed by atoms with van der Waals surface area (Å²) < 4.78 is 32.0. The van der Waals surface area contributed by atoms with E-state index in [0.29, 0.717) is 30.4 Å². The van der Waals surface area contributed by atoms with Crippen molar-refractivity contribution in [1.29, 1.82) is 0 Å². The predicted octanol–water partition coefficient (Wildman–Crippen LogP) is 6.20. The van der Waals surface area contributed by atoms with Crippen molar-refractivity contribution in [2.45, 2.75) is 63.8 Å². The van der Waals surface area contributed by atoms with E-state index in [0.717, 1.165) is 13.0 Å². The number of nitrogens with zero attached hydrogens (tertiary/aromatic N) is 3. The number of alkyl halides is 1. The average Bonchev–Trinajstić information content (AvgIpc) is 3.31. The summed E-state index contributed by atoms with van der Waals surface area (Å²) in [6.45, 7) is 11.0. The van der Waals surface area contributed by atoms with Crippen molar-refractivity contribution in [2.24, 2.45) is 4.99 Å². The Morgan fingerprint density at radius 3 is 2.33 bits per heavy atom. The molecule has 2 aromatic rings. The van der Waals surface area contributed by atoms with Gasteiger partial charge in [-0.3, -0.25) is 4.55 Å². The fraction of sp³-hybridized carbons (Fsp3) is 0.441. The third kappa shape index (κ3) is 7.72. The summed E-state index contributed by atoms with van der Waals surface area (Å²) in [4.78, 5) is 8.87. The third-order valence-corrected chi connectivity index (χ3v) is 10.0. The number of allylic oxidation sites excluding steroid dienone is 5. The van der Waals surface area contributed by atoms with Crippen molar-refractivity contribution >= 4 is 50.0 Å². The summed E-state index contributed by atoms with van der Waals surface area (Å²) >= 11 is 2.05. The number of anilines is 2. The number of hydrogen-bond donors (Lipinski definition) is 1. The van der Waals surface area contributed by atoms with Gasteiger partial charge in [0.15, 0.2) is 0 Å². The number of aliphatic imine (C=N–C) groups is 1. The second kappa shape index (κ2) is 14.0. The van der Waals surface area contributed by atoms with E-state index in [9.17, 15) is 13.5 Å². The van der Waals surface area contributed by atoms with Gasteiger partial charge in [-0.15, -0.1) is 0 Å². The molecule has 9 heteroatoms. The number of hydrogen-bond acceptors (Lipinski definition) is 6. The number of rotatable bonds is 13. The molecule has 0 saturated heterocycles. The largest absolute Gasteiger partial charge is 0.861 e. The van der Waals surface area contributed by atoms with E-state index < -0.39 is 10.1 Å². The quantitative estimate of drug-likeness (QED) is 0.0505. The molecule has 0 fully saturated rings. The minimum Gasteiger partial charge on any atom is -0.861 e. The van der Waals surface area contributed by atoms with Crippen molar-refractivity contribution in [3.8, 4) is 0 Å². The van der Waals surface area contributed by atoms with Gasteiger partial charge in [0, 0.05) is 52.0 Å². The Morgan fingerprint density at radius 1 is 0.953 bits per heavy atom. The SMILES string of the molecule is CC1(C)/C(=C/C=C/C=C/C2N(CCCCS(=O)(=O)O)c3ccccc3C2(C)C)N(CCCN=C([O-])CI)c2ccccc21. The van der Waals surface area contributed by atoms with Crippen LogP contribution in [0.4, 0.5) is 11.4 Å². The van der Waals surface area contributed by atoms with Crippen LogP contribution in [-0.4, -0.2) is 54.7 Å². The predicted molar refractivity (Wildman–Crippen MR) is 185 cm³/mol. The van der Waals surface area contributed by atoms with E-state index in [1.54, 1.807) is 0 Å². The van der Waals surface area contributed by atoms with Gasteiger partial charge in [0.2, 0.25) is 0 Å². The molecule has 4 rings (SSSR count). The zero-order valence-corrected chi connectivity index (χ0v) is 28.5. The molecule has 0 bridgehead atoms. The summed E-state index contributed by atoms with van der Waals surface area (Å²) in [7, 11) is -3.95. The van der Waals surface area contributed by atoms with Crippen LogP contribution in [0, 0.1) is 0 Å². The van der Waals surface area contributed by atoms with E-state index >= 15 is 0 Å². The Hall–Kier alpha value is -2.63. The summed E-state index contributed by atoms with van der Waals surface area (Å²) in [5.41, 5.74) is 5.88. The van der Waals surface area contributed by atoms with Crippen molar-refractivity contribution in [1.82, 2.24) is 0 Å². The van der Waals surface area contributed by atoms with Crippen molar-refractivity contribution in [3.05, 3.63) is 95.7 Å². The van der Waals surface area contributed by atoms with Crippen molar-refractivity contribution in [2.75, 3.05) is 39.6 Å². The molecular formula is C34H43IN3O4S-. The molecule has 0 radical (unpaired) electrons. The number of fused-ring (bicyclic) bond motifs is 2. The fourth-order valence-corrected chi connectivity index (χ4v) is 7.19. The van der Waals surface area contributed by atoms with E-state index in [4.69, 9.17) is 4.55 Å². The molecule has 2 aliphatic rings. The molecule has 0 saturated carbocycles. The van der Waals surface area contributed by atoms with Crippen LogP contribution in [0.1, 0.15) is 58.1 Å². The first kappa shape index (κ1) is 33.3. The lowest BCUT2D eigenvalue weighted by atomic mass is 9.80. The van der Waals surface area contributed by atoms with Gasteiger partial charge in [-0.05, 0) is 54.5 Å². The molecule has 0 aliphatic carbocycles. The molecule has 43 heavy (non-hydrogen) atoms. The van der Waals surface area contributed by atoms with Gasteiger partial charge in [-0.1, -0.05) is 111 Å². The highest BCUT2D eigenvalue weighted by atomic mass is 127. The van der Waals surface area contributed by atoms with E-state index in [1.165, 1.54) is 28.2 Å². The third-order valence-electron chi connectivity index (χ3n) is 8.55. The summed E-state index contributed by atoms with van der Waals surface area (Å²) in [5.74, 6) is -0.273. The second-order valence-electron chi connectivity index (χ2n) is 12.2. The van der Waals surface area contributed by atoms with Crippen LogP contribution in [0.5, 0.6) is 0 Å². The van der Waals surface area contributed by atoms with Gasteiger partial charge in [0.25, 0.3) is 10.1 Å². The van der Waals surface area contributed by atoms with E-state index in [1.807, 2.05) is 6.07 Å². The second-order valence-corrected chi connectivity index (χ2v) is 14.6. The highest BCUT2D eigenvalue weighted by Gasteiger charge is 2.42. The first-order valence-corrected chi connectivity index (χ1v) is 18.0. The molecule has 7 nitrogen and oxygen atoms in total. The van der Waals surface area contributed by atoms with Gasteiger partial charge in [-0.2, -0.15) is 8.42 Å². The Balaban J connectivity index is 1.52. The molecule has 1 atom stereocenters. The van der Waals surface area contributed by atoms with Crippen LogP contribution < -0.4 is 14.9 Å². The van der Waals surface area contributed by atoms with Gasteiger partial charge < -0.3 is 19.9 Å². The van der Waals surface area contributed by atoms with E-state index in [-0.39, 0.29) is 28.5 Å². The van der Waals surface area contributed by atoms with Crippen molar-refractivity contribution < 1.29 is 18.1 Å². The maximum Gasteiger partial charge on any atom is 0.264 e. The lowest BCUT2D eigenvalue weighted by Crippen LogP contribution is -2.40. The number of unbranched alkanes of at least 4 members (excludes halogenated alkanes) is 1. The van der Waals surface area contributed by atoms with Crippen LogP contribution >= 0.6 is 22.6 Å². The average molecular weight is 717 g/mol. The van der Waals surface area contributed by atoms with Gasteiger partial charge in [0.05, 0.1) is 11.8 Å². The van der Waals surface area contributed by atoms with Crippen LogP contribution in [-0.2, 0) is 20.9 Å². The minimum atomic E-state index is -3.95. The smallest absolute Gasteiger partial charge is 0.264 e. The van der Waals surface area contributed by atoms with E-state index in [2.05, 4.69) is 138 Å². The molecule has 1 N–H and O–H groups in total. The maximum atomic E-state index is 11.6. The number of halogens is 1. The topological polar surface area (TPSA) is 96.3 Å². The van der Waals surface area contributed by atoms with Crippen LogP contribution in [0.2, 0.25) is 0 Å². The Labute approximate surface area is 271 Å². The molecule has 0 aromatic heterocycles. The Morgan fingerprint density at radius 2 is 1.63 bits per heavy atom. The minimum absolute atomic E-state index is 0.0570. The molecular weight excluding hydrogens is 673 g/mol. The molecule has 2 heterocycles. The highest BCUT2D eigenvalue weighted by Crippen LogP contribution is 2.48.